The molecular formula is C16H23BrN2O. The Balaban J connectivity index is 2.02. The summed E-state index contributed by atoms with van der Waals surface area (Å²) in [5.41, 5.74) is 8.85. The Labute approximate surface area is 129 Å². The minimum absolute atomic E-state index is 0.139. The van der Waals surface area contributed by atoms with Crippen molar-refractivity contribution in [3.05, 3.63) is 27.7 Å². The predicted molar refractivity (Wildman–Crippen MR) is 86.7 cm³/mol. The highest BCUT2D eigenvalue weighted by Crippen LogP contribution is 2.30. The molecule has 3 nitrogen and oxygen atoms in total. The van der Waals surface area contributed by atoms with Gasteiger partial charge in [0.25, 0.3) is 0 Å². The van der Waals surface area contributed by atoms with Gasteiger partial charge < -0.3 is 11.1 Å². The van der Waals surface area contributed by atoms with Gasteiger partial charge >= 0.3 is 0 Å². The average molecular weight is 339 g/mol. The van der Waals surface area contributed by atoms with Crippen LogP contribution < -0.4 is 11.1 Å². The van der Waals surface area contributed by atoms with E-state index in [9.17, 15) is 4.79 Å². The van der Waals surface area contributed by atoms with Crippen molar-refractivity contribution >= 4 is 27.5 Å². The Morgan fingerprint density at radius 1 is 1.25 bits per heavy atom. The van der Waals surface area contributed by atoms with Crippen LogP contribution in [-0.4, -0.2) is 12.5 Å². The van der Waals surface area contributed by atoms with Crippen molar-refractivity contribution in [2.45, 2.75) is 39.5 Å². The largest absolute Gasteiger partial charge is 0.330 e. The number of aryl methyl sites for hydroxylation is 2. The number of hydrogen-bond donors (Lipinski definition) is 2. The van der Waals surface area contributed by atoms with Crippen molar-refractivity contribution < 1.29 is 4.79 Å². The molecule has 4 heteroatoms. The lowest BCUT2D eigenvalue weighted by Crippen LogP contribution is -2.29. The average Bonchev–Trinajstić information content (AvgIpc) is 2.42. The Morgan fingerprint density at radius 2 is 1.80 bits per heavy atom. The normalized spacial score (nSPS) is 22.6. The molecule has 20 heavy (non-hydrogen) atoms. The second-order valence-electron chi connectivity index (χ2n) is 5.86. The molecule has 1 amide bonds. The summed E-state index contributed by atoms with van der Waals surface area (Å²) in [5.74, 6) is 0.907. The Kier molecular flexibility index (Phi) is 5.22. The third-order valence-electron chi connectivity index (χ3n) is 4.30. The second kappa shape index (κ2) is 6.72. The van der Waals surface area contributed by atoms with Gasteiger partial charge in [-0.25, -0.2) is 0 Å². The van der Waals surface area contributed by atoms with Gasteiger partial charge in [-0.05, 0) is 75.3 Å². The van der Waals surface area contributed by atoms with Gasteiger partial charge in [0, 0.05) is 16.1 Å². The second-order valence-corrected chi connectivity index (χ2v) is 6.77. The molecule has 1 aliphatic rings. The topological polar surface area (TPSA) is 55.1 Å². The van der Waals surface area contributed by atoms with Gasteiger partial charge in [-0.3, -0.25) is 4.79 Å². The van der Waals surface area contributed by atoms with Crippen LogP contribution in [0, 0.1) is 25.7 Å². The molecule has 0 bridgehead atoms. The van der Waals surface area contributed by atoms with Gasteiger partial charge in [-0.15, -0.1) is 0 Å². The van der Waals surface area contributed by atoms with E-state index in [1.165, 1.54) is 0 Å². The van der Waals surface area contributed by atoms with E-state index in [1.54, 1.807) is 0 Å². The molecule has 1 saturated carbocycles. The smallest absolute Gasteiger partial charge is 0.227 e. The van der Waals surface area contributed by atoms with Gasteiger partial charge in [0.05, 0.1) is 0 Å². The van der Waals surface area contributed by atoms with Crippen molar-refractivity contribution in [2.75, 3.05) is 11.9 Å². The zero-order valence-electron chi connectivity index (χ0n) is 12.2. The fourth-order valence-electron chi connectivity index (χ4n) is 2.99. The Morgan fingerprint density at radius 3 is 2.30 bits per heavy atom. The SMILES string of the molecule is Cc1cc(Br)cc(C)c1NC(=O)C1CCC(CN)CC1. The van der Waals surface area contributed by atoms with E-state index in [2.05, 4.69) is 21.2 Å². The van der Waals surface area contributed by atoms with Crippen molar-refractivity contribution in [1.82, 2.24) is 0 Å². The first kappa shape index (κ1) is 15.5. The van der Waals surface area contributed by atoms with E-state index in [-0.39, 0.29) is 11.8 Å². The molecule has 3 N–H and O–H groups in total. The van der Waals surface area contributed by atoms with Crippen LogP contribution in [-0.2, 0) is 4.79 Å². The monoisotopic (exact) mass is 338 g/mol. The minimum atomic E-state index is 0.139. The minimum Gasteiger partial charge on any atom is -0.330 e. The fourth-order valence-corrected chi connectivity index (χ4v) is 3.68. The van der Waals surface area contributed by atoms with Crippen molar-refractivity contribution in [1.29, 1.82) is 0 Å². The third-order valence-corrected chi connectivity index (χ3v) is 4.75. The molecule has 0 unspecified atom stereocenters. The van der Waals surface area contributed by atoms with Crippen LogP contribution in [0.3, 0.4) is 0 Å². The highest BCUT2D eigenvalue weighted by atomic mass is 79.9. The van der Waals surface area contributed by atoms with Gasteiger partial charge in [0.15, 0.2) is 0 Å². The number of nitrogens with two attached hydrogens (primary N) is 1. The van der Waals surface area contributed by atoms with Crippen LogP contribution in [0.25, 0.3) is 0 Å². The quantitative estimate of drug-likeness (QED) is 0.881. The number of nitrogens with one attached hydrogen (secondary N) is 1. The van der Waals surface area contributed by atoms with E-state index in [0.717, 1.165) is 53.5 Å². The Bertz CT molecular complexity index is 470. The lowest BCUT2D eigenvalue weighted by atomic mass is 9.81. The summed E-state index contributed by atoms with van der Waals surface area (Å²) in [6.07, 6.45) is 4.07. The van der Waals surface area contributed by atoms with Crippen molar-refractivity contribution in [2.24, 2.45) is 17.6 Å². The van der Waals surface area contributed by atoms with E-state index < -0.39 is 0 Å². The number of anilines is 1. The number of carbonyl (C=O) groups is 1. The van der Waals surface area contributed by atoms with E-state index in [0.29, 0.717) is 5.92 Å². The molecule has 110 valence electrons. The van der Waals surface area contributed by atoms with Crippen LogP contribution in [0.1, 0.15) is 36.8 Å². The molecular weight excluding hydrogens is 316 g/mol. The highest BCUT2D eigenvalue weighted by Gasteiger charge is 2.26. The maximum atomic E-state index is 12.4. The van der Waals surface area contributed by atoms with Crippen LogP contribution in [0.5, 0.6) is 0 Å². The van der Waals surface area contributed by atoms with Crippen LogP contribution in [0.2, 0.25) is 0 Å². The summed E-state index contributed by atoms with van der Waals surface area (Å²) >= 11 is 3.48. The summed E-state index contributed by atoms with van der Waals surface area (Å²) in [6, 6.07) is 4.07. The molecule has 2 rings (SSSR count). The molecule has 0 aromatic heterocycles. The zero-order chi connectivity index (χ0) is 14.7. The summed E-state index contributed by atoms with van der Waals surface area (Å²) in [4.78, 5) is 12.4. The predicted octanol–water partition coefficient (Wildman–Crippen LogP) is 3.77. The van der Waals surface area contributed by atoms with Gasteiger partial charge in [-0.2, -0.15) is 0 Å². The summed E-state index contributed by atoms with van der Waals surface area (Å²) in [5, 5.41) is 3.12. The lowest BCUT2D eigenvalue weighted by Gasteiger charge is -2.27. The molecule has 0 aliphatic heterocycles. The number of halogens is 1. The Hall–Kier alpha value is -0.870. The number of carbonyl (C=O) groups excluding carboxylic acids is 1. The molecule has 1 aromatic carbocycles. The fraction of sp³-hybridized carbons (Fsp3) is 0.562. The van der Waals surface area contributed by atoms with Crippen molar-refractivity contribution in [3.63, 3.8) is 0 Å². The number of amides is 1. The number of benzene rings is 1. The highest BCUT2D eigenvalue weighted by molar-refractivity contribution is 9.10. The molecule has 1 aliphatic carbocycles. The van der Waals surface area contributed by atoms with Gasteiger partial charge in [0.1, 0.15) is 0 Å². The summed E-state index contributed by atoms with van der Waals surface area (Å²) in [7, 11) is 0. The van der Waals surface area contributed by atoms with E-state index in [4.69, 9.17) is 5.73 Å². The van der Waals surface area contributed by atoms with Gasteiger partial charge in [-0.1, -0.05) is 15.9 Å². The molecule has 0 atom stereocenters. The van der Waals surface area contributed by atoms with Crippen LogP contribution in [0.4, 0.5) is 5.69 Å². The first-order valence-corrected chi connectivity index (χ1v) is 8.08. The summed E-state index contributed by atoms with van der Waals surface area (Å²) < 4.78 is 1.05. The van der Waals surface area contributed by atoms with Crippen LogP contribution in [0.15, 0.2) is 16.6 Å². The molecule has 0 heterocycles. The molecule has 0 saturated heterocycles. The molecule has 0 spiro atoms. The van der Waals surface area contributed by atoms with E-state index >= 15 is 0 Å². The molecule has 0 radical (unpaired) electrons. The van der Waals surface area contributed by atoms with Crippen molar-refractivity contribution in [3.8, 4) is 0 Å². The first-order valence-electron chi connectivity index (χ1n) is 7.29. The maximum Gasteiger partial charge on any atom is 0.227 e. The maximum absolute atomic E-state index is 12.4. The molecule has 1 aromatic rings. The first-order chi connectivity index (χ1) is 9.51. The number of rotatable bonds is 3. The van der Waals surface area contributed by atoms with E-state index in [1.807, 2.05) is 26.0 Å². The number of hydrogen-bond acceptors (Lipinski definition) is 2. The standard InChI is InChI=1S/C16H23BrN2O/c1-10-7-14(17)8-11(2)15(10)19-16(20)13-5-3-12(9-18)4-6-13/h7-8,12-13H,3-6,9,18H2,1-2H3,(H,19,20). The summed E-state index contributed by atoms with van der Waals surface area (Å²) in [6.45, 7) is 4.80. The lowest BCUT2D eigenvalue weighted by molar-refractivity contribution is -0.121. The third kappa shape index (κ3) is 3.61. The molecule has 1 fully saturated rings. The van der Waals surface area contributed by atoms with Gasteiger partial charge in [0.2, 0.25) is 5.91 Å². The van der Waals surface area contributed by atoms with Crippen LogP contribution >= 0.6 is 15.9 Å². The zero-order valence-corrected chi connectivity index (χ0v) is 13.8.